The lowest BCUT2D eigenvalue weighted by Crippen LogP contribution is -2.25. The van der Waals surface area contributed by atoms with Crippen molar-refractivity contribution in [2.75, 3.05) is 24.7 Å². The Hall–Kier alpha value is -0.890. The molecule has 0 atom stereocenters. The van der Waals surface area contributed by atoms with E-state index in [1.807, 2.05) is 0 Å². The number of halogens is 1. The number of thioether (sulfide) groups is 1. The summed E-state index contributed by atoms with van der Waals surface area (Å²) in [6.45, 7) is 6.08. The van der Waals surface area contributed by atoms with Gasteiger partial charge in [-0.3, -0.25) is 4.79 Å². The minimum absolute atomic E-state index is 0.000534. The smallest absolute Gasteiger partial charge is 0.236 e. The van der Waals surface area contributed by atoms with Crippen LogP contribution >= 0.6 is 39.0 Å². The molecule has 0 aliphatic carbocycles. The van der Waals surface area contributed by atoms with Gasteiger partial charge in [0.2, 0.25) is 5.91 Å². The average Bonchev–Trinajstić information content (AvgIpc) is 2.90. The molecule has 1 aliphatic heterocycles. The summed E-state index contributed by atoms with van der Waals surface area (Å²) >= 11 is 6.70. The third-order valence-corrected chi connectivity index (χ3v) is 6.99. The molecule has 7 heteroatoms. The molecule has 4 nitrogen and oxygen atoms in total. The van der Waals surface area contributed by atoms with Crippen LogP contribution in [0.25, 0.3) is 0 Å². The summed E-state index contributed by atoms with van der Waals surface area (Å²) in [5.74, 6) is 0.394. The van der Waals surface area contributed by atoms with Crippen LogP contribution in [-0.2, 0) is 17.8 Å². The summed E-state index contributed by atoms with van der Waals surface area (Å²) in [5.41, 5.74) is 3.50. The van der Waals surface area contributed by atoms with E-state index >= 15 is 0 Å². The number of rotatable bonds is 4. The molecule has 1 N–H and O–H groups in total. The number of carbonyl (C=O) groups excluding carboxylic acids is 1. The molecule has 0 bridgehead atoms. The van der Waals surface area contributed by atoms with E-state index in [0.717, 1.165) is 39.7 Å². The maximum Gasteiger partial charge on any atom is 0.236 e. The van der Waals surface area contributed by atoms with Crippen LogP contribution < -0.4 is 5.32 Å². The largest absolute Gasteiger partial charge is 0.301 e. The van der Waals surface area contributed by atoms with E-state index < -0.39 is 0 Å². The average molecular weight is 426 g/mol. The lowest BCUT2D eigenvalue weighted by molar-refractivity contribution is -0.113. The molecule has 24 heavy (non-hydrogen) atoms. The van der Waals surface area contributed by atoms with Crippen molar-refractivity contribution in [2.45, 2.75) is 31.7 Å². The maximum absolute atomic E-state index is 12.2. The quantitative estimate of drug-likeness (QED) is 0.743. The third kappa shape index (κ3) is 4.20. The molecule has 0 fully saturated rings. The number of hydrogen-bond acceptors (Lipinski definition) is 5. The Bertz CT molecular complexity index is 775. The highest BCUT2D eigenvalue weighted by molar-refractivity contribution is 9.10. The Morgan fingerprint density at radius 3 is 3.00 bits per heavy atom. The van der Waals surface area contributed by atoms with Crippen molar-refractivity contribution in [2.24, 2.45) is 0 Å². The fraction of sp³-hybridized carbons (Fsp3) is 0.412. The summed E-state index contributed by atoms with van der Waals surface area (Å²) in [6.07, 6.45) is 0.963. The van der Waals surface area contributed by atoms with Gasteiger partial charge in [0.25, 0.3) is 0 Å². The standard InChI is InChI=1S/C17H20BrN3OS2/c1-10-7-14(11(2)6-12(10)18)23-9-16(22)20-17-19-13-4-5-21(3)8-15(13)24-17/h6-7H,4-5,8-9H2,1-3H3,(H,19,20,22). The van der Waals surface area contributed by atoms with Crippen LogP contribution in [0.1, 0.15) is 21.7 Å². The van der Waals surface area contributed by atoms with Crippen LogP contribution in [0.15, 0.2) is 21.5 Å². The van der Waals surface area contributed by atoms with Gasteiger partial charge in [0.1, 0.15) is 0 Å². The van der Waals surface area contributed by atoms with Crippen LogP contribution in [0.3, 0.4) is 0 Å². The predicted molar refractivity (Wildman–Crippen MR) is 105 cm³/mol. The lowest BCUT2D eigenvalue weighted by Gasteiger charge is -2.20. The van der Waals surface area contributed by atoms with E-state index in [4.69, 9.17) is 0 Å². The fourth-order valence-electron chi connectivity index (χ4n) is 2.59. The first kappa shape index (κ1) is 17.9. The second-order valence-corrected chi connectivity index (χ2v) is 9.04. The van der Waals surface area contributed by atoms with Crippen molar-refractivity contribution in [1.82, 2.24) is 9.88 Å². The van der Waals surface area contributed by atoms with Crippen LogP contribution in [0.4, 0.5) is 5.13 Å². The normalized spacial score (nSPS) is 14.5. The lowest BCUT2D eigenvalue weighted by atomic mass is 10.2. The molecule has 128 valence electrons. The molecule has 0 saturated carbocycles. The topological polar surface area (TPSA) is 45.2 Å². The van der Waals surface area contributed by atoms with Gasteiger partial charge < -0.3 is 10.2 Å². The number of nitrogens with one attached hydrogen (secondary N) is 1. The van der Waals surface area contributed by atoms with Crippen LogP contribution in [0.2, 0.25) is 0 Å². The summed E-state index contributed by atoms with van der Waals surface area (Å²) < 4.78 is 1.10. The Balaban J connectivity index is 1.59. The first-order valence-electron chi connectivity index (χ1n) is 7.79. The molecule has 1 aromatic carbocycles. The van der Waals surface area contributed by atoms with Crippen molar-refractivity contribution in [3.63, 3.8) is 0 Å². The Morgan fingerprint density at radius 2 is 2.21 bits per heavy atom. The molecule has 0 unspecified atom stereocenters. The second kappa shape index (κ2) is 7.56. The van der Waals surface area contributed by atoms with Crippen molar-refractivity contribution in [1.29, 1.82) is 0 Å². The molecule has 1 aromatic heterocycles. The minimum Gasteiger partial charge on any atom is -0.301 e. The second-order valence-electron chi connectivity index (χ2n) is 6.08. The zero-order chi connectivity index (χ0) is 17.3. The van der Waals surface area contributed by atoms with Crippen LogP contribution in [0.5, 0.6) is 0 Å². The summed E-state index contributed by atoms with van der Waals surface area (Å²) in [5, 5.41) is 3.68. The van der Waals surface area contributed by atoms with Gasteiger partial charge in [0.05, 0.1) is 11.4 Å². The number of likely N-dealkylation sites (N-methyl/N-ethyl adjacent to an activating group) is 1. The third-order valence-electron chi connectivity index (χ3n) is 3.98. The Kier molecular flexibility index (Phi) is 5.64. The number of thiazole rings is 1. The molecule has 0 radical (unpaired) electrons. The van der Waals surface area contributed by atoms with E-state index in [2.05, 4.69) is 64.2 Å². The molecule has 1 aliphatic rings. The van der Waals surface area contributed by atoms with Crippen molar-refractivity contribution in [3.8, 4) is 0 Å². The number of hydrogen-bond donors (Lipinski definition) is 1. The molecular formula is C17H20BrN3OS2. The number of nitrogens with zero attached hydrogens (tertiary/aromatic N) is 2. The molecule has 2 heterocycles. The molecule has 0 spiro atoms. The number of carbonyl (C=O) groups is 1. The van der Waals surface area contributed by atoms with Gasteiger partial charge in [-0.15, -0.1) is 23.1 Å². The molecule has 0 saturated heterocycles. The number of aromatic nitrogens is 1. The summed E-state index contributed by atoms with van der Waals surface area (Å²) in [7, 11) is 2.11. The van der Waals surface area contributed by atoms with Crippen molar-refractivity contribution >= 4 is 50.1 Å². The number of aryl methyl sites for hydroxylation is 2. The zero-order valence-electron chi connectivity index (χ0n) is 14.0. The highest BCUT2D eigenvalue weighted by atomic mass is 79.9. The summed E-state index contributed by atoms with van der Waals surface area (Å²) in [6, 6.07) is 4.22. The van der Waals surface area contributed by atoms with E-state index in [1.54, 1.807) is 23.1 Å². The SMILES string of the molecule is Cc1cc(SCC(=O)Nc2nc3c(s2)CN(C)CC3)c(C)cc1Br. The molecule has 2 aromatic rings. The van der Waals surface area contributed by atoms with Gasteiger partial charge in [-0.1, -0.05) is 15.9 Å². The van der Waals surface area contributed by atoms with Crippen molar-refractivity contribution in [3.05, 3.63) is 38.3 Å². The van der Waals surface area contributed by atoms with Crippen molar-refractivity contribution < 1.29 is 4.79 Å². The van der Waals surface area contributed by atoms with Gasteiger partial charge >= 0.3 is 0 Å². The Morgan fingerprint density at radius 1 is 1.42 bits per heavy atom. The monoisotopic (exact) mass is 425 g/mol. The Labute approximate surface area is 159 Å². The number of anilines is 1. The van der Waals surface area contributed by atoms with E-state index in [9.17, 15) is 4.79 Å². The van der Waals surface area contributed by atoms with Crippen LogP contribution in [-0.4, -0.2) is 35.1 Å². The predicted octanol–water partition coefficient (Wildman–Crippen LogP) is 4.24. The number of fused-ring (bicyclic) bond motifs is 1. The van der Waals surface area contributed by atoms with E-state index in [0.29, 0.717) is 5.75 Å². The van der Waals surface area contributed by atoms with Gasteiger partial charge in [-0.05, 0) is 44.2 Å². The molecule has 1 amide bonds. The minimum atomic E-state index is -0.000534. The van der Waals surface area contributed by atoms with E-state index in [-0.39, 0.29) is 5.91 Å². The maximum atomic E-state index is 12.2. The number of amides is 1. The highest BCUT2D eigenvalue weighted by Crippen LogP contribution is 2.30. The number of benzene rings is 1. The van der Waals surface area contributed by atoms with Gasteiger partial charge in [-0.2, -0.15) is 0 Å². The van der Waals surface area contributed by atoms with Crippen LogP contribution in [0, 0.1) is 13.8 Å². The van der Waals surface area contributed by atoms with Gasteiger partial charge in [0, 0.05) is 33.8 Å². The first-order valence-corrected chi connectivity index (χ1v) is 10.4. The van der Waals surface area contributed by atoms with E-state index in [1.165, 1.54) is 16.0 Å². The zero-order valence-corrected chi connectivity index (χ0v) is 17.2. The molecular weight excluding hydrogens is 406 g/mol. The summed E-state index contributed by atoms with van der Waals surface area (Å²) in [4.78, 5) is 21.5. The van der Waals surface area contributed by atoms with Gasteiger partial charge in [0.15, 0.2) is 5.13 Å². The highest BCUT2D eigenvalue weighted by Gasteiger charge is 2.19. The fourth-order valence-corrected chi connectivity index (χ4v) is 5.05. The first-order chi connectivity index (χ1) is 11.4. The molecule has 3 rings (SSSR count). The van der Waals surface area contributed by atoms with Gasteiger partial charge in [-0.25, -0.2) is 4.98 Å².